The van der Waals surface area contributed by atoms with E-state index in [1.807, 2.05) is 46.6 Å². The lowest BCUT2D eigenvalue weighted by Gasteiger charge is -2.26. The summed E-state index contributed by atoms with van der Waals surface area (Å²) in [5.74, 6) is -0.0966. The zero-order chi connectivity index (χ0) is 23.3. The number of ether oxygens (including phenoxy) is 1. The second-order valence-electron chi connectivity index (χ2n) is 8.01. The van der Waals surface area contributed by atoms with Gasteiger partial charge in [-0.15, -0.1) is 11.3 Å². The summed E-state index contributed by atoms with van der Waals surface area (Å²) in [4.78, 5) is 15.7. The molecule has 1 atom stereocenters. The third kappa shape index (κ3) is 5.98. The highest BCUT2D eigenvalue weighted by Crippen LogP contribution is 2.28. The molecule has 9 heteroatoms. The summed E-state index contributed by atoms with van der Waals surface area (Å²) in [6, 6.07) is 13.7. The molecule has 0 saturated carbocycles. The first-order chi connectivity index (χ1) is 15.9. The van der Waals surface area contributed by atoms with Crippen LogP contribution < -0.4 is 0 Å². The normalized spacial score (nSPS) is 17.5. The Hall–Kier alpha value is -2.75. The van der Waals surface area contributed by atoms with Gasteiger partial charge in [0.05, 0.1) is 29.5 Å². The molecule has 0 N–H and O–H groups in total. The molecule has 0 bridgehead atoms. The molecule has 2 aromatic heterocycles. The number of sulfone groups is 1. The predicted molar refractivity (Wildman–Crippen MR) is 131 cm³/mol. The van der Waals surface area contributed by atoms with Crippen molar-refractivity contribution in [3.8, 4) is 10.6 Å². The Bertz CT molecular complexity index is 1200. The van der Waals surface area contributed by atoms with E-state index in [1.54, 1.807) is 29.4 Å². The van der Waals surface area contributed by atoms with E-state index in [9.17, 15) is 13.2 Å². The van der Waals surface area contributed by atoms with Gasteiger partial charge in [0.2, 0.25) is 5.91 Å². The molecular formula is C24H27N3O4S2. The molecule has 0 radical (unpaired) electrons. The topological polar surface area (TPSA) is 81.5 Å². The summed E-state index contributed by atoms with van der Waals surface area (Å²) in [5.41, 5.74) is 2.79. The Morgan fingerprint density at radius 1 is 1.27 bits per heavy atom. The molecule has 0 spiro atoms. The molecule has 4 rings (SSSR count). The van der Waals surface area contributed by atoms with Gasteiger partial charge in [0.1, 0.15) is 5.69 Å². The van der Waals surface area contributed by atoms with E-state index >= 15 is 0 Å². The predicted octanol–water partition coefficient (Wildman–Crippen LogP) is 3.34. The van der Waals surface area contributed by atoms with E-state index in [1.165, 1.54) is 6.08 Å². The van der Waals surface area contributed by atoms with Crippen molar-refractivity contribution in [2.75, 3.05) is 31.8 Å². The van der Waals surface area contributed by atoms with Crippen LogP contribution in [0.3, 0.4) is 0 Å². The number of rotatable bonds is 9. The van der Waals surface area contributed by atoms with Crippen LogP contribution >= 0.6 is 11.3 Å². The van der Waals surface area contributed by atoms with Crippen LogP contribution in [-0.2, 0) is 25.9 Å². The van der Waals surface area contributed by atoms with E-state index in [4.69, 9.17) is 9.84 Å². The van der Waals surface area contributed by atoms with Crippen LogP contribution in [0.15, 0.2) is 60.1 Å². The molecule has 0 aliphatic carbocycles. The number of nitrogens with zero attached hydrogens (tertiary/aromatic N) is 3. The lowest BCUT2D eigenvalue weighted by molar-refractivity contribution is -0.128. The number of thiophene rings is 1. The van der Waals surface area contributed by atoms with E-state index in [2.05, 4.69) is 12.1 Å². The summed E-state index contributed by atoms with van der Waals surface area (Å²) >= 11 is 1.59. The van der Waals surface area contributed by atoms with Crippen molar-refractivity contribution in [2.24, 2.45) is 0 Å². The highest BCUT2D eigenvalue weighted by Gasteiger charge is 2.33. The highest BCUT2D eigenvalue weighted by atomic mass is 32.2. The lowest BCUT2D eigenvalue weighted by Crippen LogP contribution is -2.42. The van der Waals surface area contributed by atoms with Crippen molar-refractivity contribution < 1.29 is 17.9 Å². The first-order valence-electron chi connectivity index (χ1n) is 10.8. The number of benzene rings is 1. The summed E-state index contributed by atoms with van der Waals surface area (Å²) < 4.78 is 30.9. The van der Waals surface area contributed by atoms with Gasteiger partial charge in [-0.25, -0.2) is 8.42 Å². The van der Waals surface area contributed by atoms with Crippen molar-refractivity contribution in [2.45, 2.75) is 19.0 Å². The fourth-order valence-corrected chi connectivity index (χ4v) is 6.42. The lowest BCUT2D eigenvalue weighted by atomic mass is 10.2. The van der Waals surface area contributed by atoms with Crippen LogP contribution in [0.4, 0.5) is 0 Å². The minimum atomic E-state index is -3.10. The van der Waals surface area contributed by atoms with Crippen molar-refractivity contribution in [3.05, 3.63) is 71.2 Å². The second kappa shape index (κ2) is 10.5. The van der Waals surface area contributed by atoms with E-state index in [0.717, 1.165) is 21.7 Å². The third-order valence-electron chi connectivity index (χ3n) is 5.61. The zero-order valence-corrected chi connectivity index (χ0v) is 20.1. The third-order valence-corrected chi connectivity index (χ3v) is 8.23. The van der Waals surface area contributed by atoms with Crippen LogP contribution in [-0.4, -0.2) is 66.8 Å². The van der Waals surface area contributed by atoms with Gasteiger partial charge in [0, 0.05) is 37.5 Å². The SMILES string of the molecule is COCCN(C(=O)/C=C/c1cn(Cc2ccccc2)nc1-c1cccs1)C1CCS(=O)(=O)C1. The van der Waals surface area contributed by atoms with Crippen molar-refractivity contribution >= 4 is 33.2 Å². The Morgan fingerprint density at radius 2 is 2.09 bits per heavy atom. The van der Waals surface area contributed by atoms with Crippen molar-refractivity contribution in [1.29, 1.82) is 0 Å². The number of hydrogen-bond acceptors (Lipinski definition) is 6. The Balaban J connectivity index is 1.58. The molecule has 33 heavy (non-hydrogen) atoms. The van der Waals surface area contributed by atoms with Crippen molar-refractivity contribution in [3.63, 3.8) is 0 Å². The number of carbonyl (C=O) groups is 1. The summed E-state index contributed by atoms with van der Waals surface area (Å²) in [5, 5.41) is 6.77. The van der Waals surface area contributed by atoms with Crippen LogP contribution in [0.1, 0.15) is 17.5 Å². The monoisotopic (exact) mass is 485 g/mol. The molecule has 1 amide bonds. The molecule has 1 aliphatic heterocycles. The Morgan fingerprint density at radius 3 is 2.76 bits per heavy atom. The van der Waals surface area contributed by atoms with E-state index in [0.29, 0.717) is 26.1 Å². The summed E-state index contributed by atoms with van der Waals surface area (Å²) in [6.45, 7) is 1.33. The first kappa shape index (κ1) is 23.4. The summed E-state index contributed by atoms with van der Waals surface area (Å²) in [6.07, 6.45) is 5.68. The van der Waals surface area contributed by atoms with Crippen molar-refractivity contribution in [1.82, 2.24) is 14.7 Å². The molecule has 7 nitrogen and oxygen atoms in total. The molecule has 1 saturated heterocycles. The van der Waals surface area contributed by atoms with Crippen LogP contribution in [0.25, 0.3) is 16.6 Å². The fraction of sp³-hybridized carbons (Fsp3) is 0.333. The Labute approximate surface area is 198 Å². The smallest absolute Gasteiger partial charge is 0.246 e. The number of carbonyl (C=O) groups excluding carboxylic acids is 1. The highest BCUT2D eigenvalue weighted by molar-refractivity contribution is 7.91. The average molecular weight is 486 g/mol. The van der Waals surface area contributed by atoms with E-state index < -0.39 is 9.84 Å². The van der Waals surface area contributed by atoms with Gasteiger partial charge in [-0.05, 0) is 29.5 Å². The van der Waals surface area contributed by atoms with Gasteiger partial charge >= 0.3 is 0 Å². The number of hydrogen-bond donors (Lipinski definition) is 0. The number of amides is 1. The molecule has 174 valence electrons. The molecule has 1 fully saturated rings. The second-order valence-corrected chi connectivity index (χ2v) is 11.2. The molecule has 1 aromatic carbocycles. The number of aromatic nitrogens is 2. The molecule has 3 heterocycles. The maximum Gasteiger partial charge on any atom is 0.246 e. The first-order valence-corrected chi connectivity index (χ1v) is 13.5. The minimum Gasteiger partial charge on any atom is -0.383 e. The van der Waals surface area contributed by atoms with Crippen LogP contribution in [0.2, 0.25) is 0 Å². The summed E-state index contributed by atoms with van der Waals surface area (Å²) in [7, 11) is -1.53. The molecule has 1 unspecified atom stereocenters. The molecule has 3 aromatic rings. The van der Waals surface area contributed by atoms with Crippen LogP contribution in [0, 0.1) is 0 Å². The largest absolute Gasteiger partial charge is 0.383 e. The van der Waals surface area contributed by atoms with Gasteiger partial charge in [0.25, 0.3) is 0 Å². The minimum absolute atomic E-state index is 0.00570. The molecular weight excluding hydrogens is 458 g/mol. The average Bonchev–Trinajstić information content (AvgIpc) is 3.53. The van der Waals surface area contributed by atoms with Gasteiger partial charge in [-0.3, -0.25) is 9.48 Å². The quantitative estimate of drug-likeness (QED) is 0.434. The van der Waals surface area contributed by atoms with Gasteiger partial charge in [-0.1, -0.05) is 36.4 Å². The van der Waals surface area contributed by atoms with E-state index in [-0.39, 0.29) is 23.5 Å². The van der Waals surface area contributed by atoms with Gasteiger partial charge in [-0.2, -0.15) is 5.10 Å². The van der Waals surface area contributed by atoms with Gasteiger partial charge < -0.3 is 9.64 Å². The fourth-order valence-electron chi connectivity index (χ4n) is 3.96. The molecule has 1 aliphatic rings. The number of methoxy groups -OCH3 is 1. The zero-order valence-electron chi connectivity index (χ0n) is 18.5. The maximum atomic E-state index is 13.1. The van der Waals surface area contributed by atoms with Gasteiger partial charge in [0.15, 0.2) is 9.84 Å². The Kier molecular flexibility index (Phi) is 7.42. The standard InChI is InChI=1S/C24H27N3O4S2/c1-31-13-12-27(21-11-15-33(29,30)18-21)23(28)10-9-20-17-26(16-19-6-3-2-4-7-19)25-24(20)22-8-5-14-32-22/h2-10,14,17,21H,11-13,15-16,18H2,1H3/b10-9+. The maximum absolute atomic E-state index is 13.1. The van der Waals surface area contributed by atoms with Crippen LogP contribution in [0.5, 0.6) is 0 Å².